The van der Waals surface area contributed by atoms with Crippen molar-refractivity contribution in [3.63, 3.8) is 0 Å². The Kier molecular flexibility index (Phi) is 4.26. The van der Waals surface area contributed by atoms with Crippen LogP contribution in [0.3, 0.4) is 0 Å². The first kappa shape index (κ1) is 12.7. The van der Waals surface area contributed by atoms with Gasteiger partial charge in [0.15, 0.2) is 0 Å². The van der Waals surface area contributed by atoms with E-state index in [9.17, 15) is 0 Å². The molecule has 1 aromatic heterocycles. The van der Waals surface area contributed by atoms with E-state index in [-0.39, 0.29) is 0 Å². The average Bonchev–Trinajstić information content (AvgIpc) is 2.70. The van der Waals surface area contributed by atoms with Gasteiger partial charge in [0.05, 0.1) is 11.6 Å². The summed E-state index contributed by atoms with van der Waals surface area (Å²) >= 11 is 9.39. The van der Waals surface area contributed by atoms with Crippen molar-refractivity contribution in [3.8, 4) is 0 Å². The Morgan fingerprint density at radius 3 is 2.71 bits per heavy atom. The number of hydrogen-bond acceptors (Lipinski definition) is 2. The molecule has 0 aliphatic heterocycles. The van der Waals surface area contributed by atoms with Crippen molar-refractivity contribution in [2.24, 2.45) is 0 Å². The maximum absolute atomic E-state index is 6.02. The molecule has 0 fully saturated rings. The van der Waals surface area contributed by atoms with E-state index in [1.165, 1.54) is 0 Å². The summed E-state index contributed by atoms with van der Waals surface area (Å²) < 4.78 is 6.39. The lowest BCUT2D eigenvalue weighted by atomic mass is 10.2. The normalized spacial score (nSPS) is 10.8. The van der Waals surface area contributed by atoms with Crippen LogP contribution in [0.15, 0.2) is 39.2 Å². The summed E-state index contributed by atoms with van der Waals surface area (Å²) in [5.74, 6) is 1.89. The maximum Gasteiger partial charge on any atom is 0.117 e. The van der Waals surface area contributed by atoms with Crippen LogP contribution in [0, 0.1) is 6.92 Å². The van der Waals surface area contributed by atoms with E-state index in [0.29, 0.717) is 0 Å². The summed E-state index contributed by atoms with van der Waals surface area (Å²) in [5.41, 5.74) is 1.15. The molecule has 0 radical (unpaired) electrons. The molecule has 0 atom stereocenters. The Morgan fingerprint density at radius 1 is 1.24 bits per heavy atom. The van der Waals surface area contributed by atoms with Crippen molar-refractivity contribution in [1.82, 2.24) is 5.32 Å². The van der Waals surface area contributed by atoms with Gasteiger partial charge in [-0.15, -0.1) is 0 Å². The molecule has 2 aromatic rings. The van der Waals surface area contributed by atoms with E-state index < -0.39 is 0 Å². The van der Waals surface area contributed by atoms with Crippen LogP contribution in [0.5, 0.6) is 0 Å². The van der Waals surface area contributed by atoms with Crippen molar-refractivity contribution < 1.29 is 4.42 Å². The predicted octanol–water partition coefficient (Wildman–Crippen LogP) is 4.29. The molecule has 90 valence electrons. The van der Waals surface area contributed by atoms with Gasteiger partial charge in [0, 0.05) is 11.0 Å². The summed E-state index contributed by atoms with van der Waals surface area (Å²) in [6.45, 7) is 3.44. The first-order valence-electron chi connectivity index (χ1n) is 5.35. The van der Waals surface area contributed by atoms with Gasteiger partial charge in [0.25, 0.3) is 0 Å². The van der Waals surface area contributed by atoms with Crippen LogP contribution in [-0.2, 0) is 13.1 Å². The summed E-state index contributed by atoms with van der Waals surface area (Å²) in [4.78, 5) is 0. The number of furan rings is 1. The molecule has 0 saturated heterocycles. The molecule has 17 heavy (non-hydrogen) atoms. The van der Waals surface area contributed by atoms with Gasteiger partial charge in [0.1, 0.15) is 11.5 Å². The number of rotatable bonds is 4. The lowest BCUT2D eigenvalue weighted by Gasteiger charge is -2.04. The number of halogens is 2. The zero-order chi connectivity index (χ0) is 12.3. The van der Waals surface area contributed by atoms with Gasteiger partial charge in [-0.1, -0.05) is 17.7 Å². The number of hydrogen-bond donors (Lipinski definition) is 1. The molecule has 0 spiro atoms. The molecule has 1 heterocycles. The van der Waals surface area contributed by atoms with Crippen molar-refractivity contribution in [2.45, 2.75) is 20.0 Å². The minimum absolute atomic E-state index is 0.724. The van der Waals surface area contributed by atoms with Crippen LogP contribution in [0.2, 0.25) is 5.02 Å². The highest BCUT2D eigenvalue weighted by atomic mass is 79.9. The second kappa shape index (κ2) is 5.71. The van der Waals surface area contributed by atoms with Crippen LogP contribution >= 0.6 is 27.5 Å². The summed E-state index contributed by atoms with van der Waals surface area (Å²) in [7, 11) is 0. The molecule has 0 aliphatic rings. The first-order chi connectivity index (χ1) is 8.15. The van der Waals surface area contributed by atoms with Gasteiger partial charge < -0.3 is 9.73 Å². The molecule has 0 saturated carbocycles. The number of nitrogens with one attached hydrogen (secondary N) is 1. The fraction of sp³-hybridized carbons (Fsp3) is 0.231. The van der Waals surface area contributed by atoms with Gasteiger partial charge in [-0.3, -0.25) is 0 Å². The highest BCUT2D eigenvalue weighted by Crippen LogP contribution is 2.23. The van der Waals surface area contributed by atoms with Gasteiger partial charge in [-0.25, -0.2) is 0 Å². The smallest absolute Gasteiger partial charge is 0.117 e. The second-order valence-corrected chi connectivity index (χ2v) is 5.13. The van der Waals surface area contributed by atoms with Gasteiger partial charge >= 0.3 is 0 Å². The van der Waals surface area contributed by atoms with Crippen molar-refractivity contribution in [1.29, 1.82) is 0 Å². The zero-order valence-electron chi connectivity index (χ0n) is 9.47. The van der Waals surface area contributed by atoms with Crippen LogP contribution < -0.4 is 5.32 Å². The minimum atomic E-state index is 0.724. The highest BCUT2D eigenvalue weighted by Gasteiger charge is 2.00. The minimum Gasteiger partial charge on any atom is -0.465 e. The average molecular weight is 315 g/mol. The molecule has 1 aromatic carbocycles. The van der Waals surface area contributed by atoms with Gasteiger partial charge in [-0.05, 0) is 52.7 Å². The molecule has 0 aliphatic carbocycles. The predicted molar refractivity (Wildman–Crippen MR) is 73.1 cm³/mol. The molecule has 2 rings (SSSR count). The first-order valence-corrected chi connectivity index (χ1v) is 6.52. The van der Waals surface area contributed by atoms with Crippen LogP contribution in [-0.4, -0.2) is 0 Å². The third-order valence-electron chi connectivity index (χ3n) is 2.41. The topological polar surface area (TPSA) is 25.2 Å². The lowest BCUT2D eigenvalue weighted by molar-refractivity contribution is 0.462. The fourth-order valence-corrected chi connectivity index (χ4v) is 2.01. The maximum atomic E-state index is 6.02. The van der Waals surface area contributed by atoms with E-state index in [0.717, 1.165) is 39.7 Å². The third kappa shape index (κ3) is 3.60. The summed E-state index contributed by atoms with van der Waals surface area (Å²) in [6, 6.07) is 9.89. The van der Waals surface area contributed by atoms with E-state index in [4.69, 9.17) is 16.0 Å². The van der Waals surface area contributed by atoms with E-state index >= 15 is 0 Å². The second-order valence-electron chi connectivity index (χ2n) is 3.86. The Balaban J connectivity index is 1.87. The van der Waals surface area contributed by atoms with Gasteiger partial charge in [0.2, 0.25) is 0 Å². The standard InChI is InChI=1S/C13H13BrClNO/c1-9-2-4-11(17-9)8-16-7-10-3-5-12(14)13(15)6-10/h2-6,16H,7-8H2,1H3. The van der Waals surface area contributed by atoms with Crippen molar-refractivity contribution in [2.75, 3.05) is 0 Å². The number of benzene rings is 1. The number of aryl methyl sites for hydroxylation is 1. The Hall–Kier alpha value is -0.770. The van der Waals surface area contributed by atoms with Gasteiger partial charge in [-0.2, -0.15) is 0 Å². The van der Waals surface area contributed by atoms with E-state index in [1.54, 1.807) is 0 Å². The Bertz CT molecular complexity index is 510. The van der Waals surface area contributed by atoms with Crippen LogP contribution in [0.25, 0.3) is 0 Å². The largest absolute Gasteiger partial charge is 0.465 e. The Morgan fingerprint density at radius 2 is 2.06 bits per heavy atom. The quantitative estimate of drug-likeness (QED) is 0.910. The highest BCUT2D eigenvalue weighted by molar-refractivity contribution is 9.10. The monoisotopic (exact) mass is 313 g/mol. The molecule has 0 bridgehead atoms. The molecule has 0 amide bonds. The van der Waals surface area contributed by atoms with Crippen LogP contribution in [0.1, 0.15) is 17.1 Å². The van der Waals surface area contributed by atoms with Crippen molar-refractivity contribution >= 4 is 27.5 Å². The molecular weight excluding hydrogens is 302 g/mol. The summed E-state index contributed by atoms with van der Waals surface area (Å²) in [6.07, 6.45) is 0. The molecule has 2 nitrogen and oxygen atoms in total. The third-order valence-corrected chi connectivity index (χ3v) is 3.64. The molecule has 4 heteroatoms. The van der Waals surface area contributed by atoms with E-state index in [1.807, 2.05) is 37.3 Å². The SMILES string of the molecule is Cc1ccc(CNCc2ccc(Br)c(Cl)c2)o1. The zero-order valence-corrected chi connectivity index (χ0v) is 11.8. The molecular formula is C13H13BrClNO. The van der Waals surface area contributed by atoms with Crippen LogP contribution in [0.4, 0.5) is 0 Å². The summed E-state index contributed by atoms with van der Waals surface area (Å²) in [5, 5.41) is 4.04. The fourth-order valence-electron chi connectivity index (χ4n) is 1.56. The molecule has 0 unspecified atom stereocenters. The lowest BCUT2D eigenvalue weighted by Crippen LogP contribution is -2.12. The van der Waals surface area contributed by atoms with E-state index in [2.05, 4.69) is 21.2 Å². The Labute approximate surface area is 114 Å². The van der Waals surface area contributed by atoms with Crippen molar-refractivity contribution in [3.05, 3.63) is 56.9 Å². The molecule has 1 N–H and O–H groups in total.